The molecule has 1 aliphatic carbocycles. The number of anilines is 1. The van der Waals surface area contributed by atoms with Crippen LogP contribution in [0.4, 0.5) is 5.82 Å². The average Bonchev–Trinajstić information content (AvgIpc) is 3.21. The molecule has 20 heavy (non-hydrogen) atoms. The highest BCUT2D eigenvalue weighted by atomic mass is 15.2. The zero-order valence-corrected chi connectivity index (χ0v) is 13.4. The maximum atomic E-state index is 4.85. The lowest BCUT2D eigenvalue weighted by Crippen LogP contribution is -2.29. The van der Waals surface area contributed by atoms with E-state index in [9.17, 15) is 0 Å². The van der Waals surface area contributed by atoms with E-state index < -0.39 is 0 Å². The minimum absolute atomic E-state index is 0.501. The molecule has 0 radical (unpaired) electrons. The van der Waals surface area contributed by atoms with Crippen molar-refractivity contribution in [3.8, 4) is 0 Å². The smallest absolute Gasteiger partial charge is 0.129 e. The first-order valence-electron chi connectivity index (χ1n) is 8.02. The number of pyridine rings is 1. The van der Waals surface area contributed by atoms with Crippen molar-refractivity contribution in [1.82, 2.24) is 10.3 Å². The predicted molar refractivity (Wildman–Crippen MR) is 86.0 cm³/mol. The van der Waals surface area contributed by atoms with Crippen LogP contribution in [0, 0.1) is 5.92 Å². The first-order chi connectivity index (χ1) is 9.56. The van der Waals surface area contributed by atoms with Crippen LogP contribution < -0.4 is 10.2 Å². The van der Waals surface area contributed by atoms with E-state index in [1.165, 1.54) is 19.3 Å². The summed E-state index contributed by atoms with van der Waals surface area (Å²) in [5.41, 5.74) is 1.14. The second kappa shape index (κ2) is 7.07. The van der Waals surface area contributed by atoms with Gasteiger partial charge in [0.05, 0.1) is 5.69 Å². The molecule has 0 bridgehead atoms. The van der Waals surface area contributed by atoms with Crippen LogP contribution in [0.15, 0.2) is 18.2 Å². The van der Waals surface area contributed by atoms with Gasteiger partial charge in [-0.3, -0.25) is 0 Å². The van der Waals surface area contributed by atoms with E-state index in [4.69, 9.17) is 4.98 Å². The Bertz CT molecular complexity index is 410. The third-order valence-electron chi connectivity index (χ3n) is 3.71. The molecule has 1 heterocycles. The number of aromatic nitrogens is 1. The molecule has 1 aromatic rings. The highest BCUT2D eigenvalue weighted by molar-refractivity contribution is 5.42. The summed E-state index contributed by atoms with van der Waals surface area (Å²) in [5.74, 6) is 1.92. The molecule has 2 rings (SSSR count). The zero-order chi connectivity index (χ0) is 14.5. The maximum Gasteiger partial charge on any atom is 0.129 e. The molecule has 112 valence electrons. The van der Waals surface area contributed by atoms with Crippen molar-refractivity contribution in [2.75, 3.05) is 11.4 Å². The number of hydrogen-bond acceptors (Lipinski definition) is 3. The van der Waals surface area contributed by atoms with E-state index in [1.54, 1.807) is 0 Å². The Balaban J connectivity index is 2.02. The normalized spacial score (nSPS) is 15.1. The molecule has 0 aromatic carbocycles. The van der Waals surface area contributed by atoms with Crippen LogP contribution in [0.2, 0.25) is 0 Å². The number of hydrogen-bond donors (Lipinski definition) is 1. The van der Waals surface area contributed by atoms with Crippen LogP contribution in [0.1, 0.15) is 52.7 Å². The zero-order valence-electron chi connectivity index (χ0n) is 13.4. The molecule has 0 atom stereocenters. The van der Waals surface area contributed by atoms with Crippen molar-refractivity contribution in [2.45, 2.75) is 65.6 Å². The van der Waals surface area contributed by atoms with Gasteiger partial charge in [-0.1, -0.05) is 33.8 Å². The molecule has 3 nitrogen and oxygen atoms in total. The lowest BCUT2D eigenvalue weighted by molar-refractivity contribution is 0.564. The number of nitrogens with one attached hydrogen (secondary N) is 1. The standard InChI is InChI=1S/C17H29N3/c1-13(2)10-11-20(16-8-9-16)17-7-5-6-15(19-17)12-18-14(3)4/h5-7,13-14,16,18H,8-12H2,1-4H3. The van der Waals surface area contributed by atoms with E-state index in [2.05, 4.69) is 56.1 Å². The quantitative estimate of drug-likeness (QED) is 0.786. The highest BCUT2D eigenvalue weighted by Crippen LogP contribution is 2.31. The van der Waals surface area contributed by atoms with Gasteiger partial charge in [0.15, 0.2) is 0 Å². The first-order valence-corrected chi connectivity index (χ1v) is 8.02. The van der Waals surface area contributed by atoms with E-state index in [1.807, 2.05) is 0 Å². The summed E-state index contributed by atoms with van der Waals surface area (Å²) < 4.78 is 0. The SMILES string of the molecule is CC(C)CCN(c1cccc(CNC(C)C)n1)C1CC1. The molecular weight excluding hydrogens is 246 g/mol. The van der Waals surface area contributed by atoms with Crippen LogP contribution in [-0.4, -0.2) is 23.6 Å². The summed E-state index contributed by atoms with van der Waals surface area (Å²) in [5, 5.41) is 3.44. The van der Waals surface area contributed by atoms with Gasteiger partial charge in [0.1, 0.15) is 5.82 Å². The Kier molecular flexibility index (Phi) is 5.41. The van der Waals surface area contributed by atoms with Crippen LogP contribution in [0.3, 0.4) is 0 Å². The molecule has 1 saturated carbocycles. The maximum absolute atomic E-state index is 4.85. The molecule has 1 fully saturated rings. The van der Waals surface area contributed by atoms with E-state index in [0.717, 1.165) is 36.6 Å². The lowest BCUT2D eigenvalue weighted by atomic mass is 10.1. The number of nitrogens with zero attached hydrogens (tertiary/aromatic N) is 2. The fraction of sp³-hybridized carbons (Fsp3) is 0.706. The largest absolute Gasteiger partial charge is 0.354 e. The molecule has 1 N–H and O–H groups in total. The first kappa shape index (κ1) is 15.3. The minimum Gasteiger partial charge on any atom is -0.354 e. The molecule has 0 amide bonds. The van der Waals surface area contributed by atoms with Crippen molar-refractivity contribution in [3.05, 3.63) is 23.9 Å². The minimum atomic E-state index is 0.501. The van der Waals surface area contributed by atoms with Gasteiger partial charge >= 0.3 is 0 Å². The summed E-state index contributed by atoms with van der Waals surface area (Å²) in [6, 6.07) is 7.66. The van der Waals surface area contributed by atoms with Gasteiger partial charge in [0.2, 0.25) is 0 Å². The van der Waals surface area contributed by atoms with Crippen LogP contribution >= 0.6 is 0 Å². The van der Waals surface area contributed by atoms with Crippen molar-refractivity contribution >= 4 is 5.82 Å². The summed E-state index contributed by atoms with van der Waals surface area (Å²) >= 11 is 0. The summed E-state index contributed by atoms with van der Waals surface area (Å²) in [7, 11) is 0. The Labute approximate surface area is 123 Å². The third-order valence-corrected chi connectivity index (χ3v) is 3.71. The number of rotatable bonds is 8. The fourth-order valence-electron chi connectivity index (χ4n) is 2.30. The summed E-state index contributed by atoms with van der Waals surface area (Å²) in [4.78, 5) is 7.36. The molecule has 0 spiro atoms. The van der Waals surface area contributed by atoms with Gasteiger partial charge < -0.3 is 10.2 Å². The molecule has 1 aromatic heterocycles. The molecule has 1 aliphatic rings. The Morgan fingerprint density at radius 1 is 1.25 bits per heavy atom. The monoisotopic (exact) mass is 275 g/mol. The molecule has 0 unspecified atom stereocenters. The second-order valence-corrected chi connectivity index (χ2v) is 6.63. The van der Waals surface area contributed by atoms with E-state index in [-0.39, 0.29) is 0 Å². The Morgan fingerprint density at radius 3 is 2.60 bits per heavy atom. The molecule has 3 heteroatoms. The van der Waals surface area contributed by atoms with Crippen LogP contribution in [0.25, 0.3) is 0 Å². The summed E-state index contributed by atoms with van der Waals surface area (Å²) in [6.45, 7) is 10.9. The van der Waals surface area contributed by atoms with Gasteiger partial charge in [0.25, 0.3) is 0 Å². The van der Waals surface area contributed by atoms with Gasteiger partial charge in [-0.2, -0.15) is 0 Å². The van der Waals surface area contributed by atoms with E-state index in [0.29, 0.717) is 6.04 Å². The molecular formula is C17H29N3. The lowest BCUT2D eigenvalue weighted by Gasteiger charge is -2.25. The van der Waals surface area contributed by atoms with Gasteiger partial charge in [-0.25, -0.2) is 4.98 Å². The van der Waals surface area contributed by atoms with Crippen molar-refractivity contribution < 1.29 is 0 Å². The molecule has 0 saturated heterocycles. The molecule has 0 aliphatic heterocycles. The van der Waals surface area contributed by atoms with Crippen LogP contribution in [0.5, 0.6) is 0 Å². The second-order valence-electron chi connectivity index (χ2n) is 6.63. The van der Waals surface area contributed by atoms with Crippen molar-refractivity contribution in [1.29, 1.82) is 0 Å². The predicted octanol–water partition coefficient (Wildman–Crippen LogP) is 3.59. The Hall–Kier alpha value is -1.09. The van der Waals surface area contributed by atoms with Crippen molar-refractivity contribution in [2.24, 2.45) is 5.92 Å². The highest BCUT2D eigenvalue weighted by Gasteiger charge is 2.29. The van der Waals surface area contributed by atoms with Gasteiger partial charge in [0, 0.05) is 25.2 Å². The summed E-state index contributed by atoms with van der Waals surface area (Å²) in [6.07, 6.45) is 3.90. The van der Waals surface area contributed by atoms with Crippen LogP contribution in [-0.2, 0) is 6.54 Å². The Morgan fingerprint density at radius 2 is 2.00 bits per heavy atom. The van der Waals surface area contributed by atoms with E-state index >= 15 is 0 Å². The van der Waals surface area contributed by atoms with Gasteiger partial charge in [-0.05, 0) is 37.3 Å². The topological polar surface area (TPSA) is 28.2 Å². The van der Waals surface area contributed by atoms with Crippen molar-refractivity contribution in [3.63, 3.8) is 0 Å². The van der Waals surface area contributed by atoms with Gasteiger partial charge in [-0.15, -0.1) is 0 Å². The third kappa shape index (κ3) is 4.78. The average molecular weight is 275 g/mol. The fourth-order valence-corrected chi connectivity index (χ4v) is 2.30.